The average Bonchev–Trinajstić information content (AvgIpc) is 2.97. The highest BCUT2D eigenvalue weighted by Crippen LogP contribution is 2.15. The topological polar surface area (TPSA) is 59.0 Å². The summed E-state index contributed by atoms with van der Waals surface area (Å²) in [5, 5.41) is 10.3. The lowest BCUT2D eigenvalue weighted by atomic mass is 10.0. The van der Waals surface area contributed by atoms with Gasteiger partial charge in [0.2, 0.25) is 5.91 Å². The number of aryl methyl sites for hydroxylation is 1. The first kappa shape index (κ1) is 15.0. The first-order chi connectivity index (χ1) is 8.28. The summed E-state index contributed by atoms with van der Waals surface area (Å²) in [7, 11) is 0. The second-order valence-corrected chi connectivity index (χ2v) is 4.53. The van der Waals surface area contributed by atoms with Gasteiger partial charge < -0.3 is 10.6 Å². The summed E-state index contributed by atoms with van der Waals surface area (Å²) < 4.78 is 1.80. The Hall–Kier alpha value is -1.07. The Kier molecular flexibility index (Phi) is 6.15. The molecule has 0 radical (unpaired) electrons. The van der Waals surface area contributed by atoms with Gasteiger partial charge in [0, 0.05) is 19.2 Å². The third-order valence-electron chi connectivity index (χ3n) is 3.18. The SMILES string of the molecule is CCn1cc(NC(=O)CCC2CCNC2)cn1.Cl. The number of aromatic nitrogens is 2. The van der Waals surface area contributed by atoms with Gasteiger partial charge in [-0.2, -0.15) is 5.10 Å². The van der Waals surface area contributed by atoms with E-state index in [-0.39, 0.29) is 18.3 Å². The molecule has 1 atom stereocenters. The molecule has 1 aromatic rings. The van der Waals surface area contributed by atoms with E-state index >= 15 is 0 Å². The number of carbonyl (C=O) groups excluding carboxylic acids is 1. The lowest BCUT2D eigenvalue weighted by Gasteiger charge is -2.07. The monoisotopic (exact) mass is 272 g/mol. The smallest absolute Gasteiger partial charge is 0.224 e. The van der Waals surface area contributed by atoms with E-state index in [4.69, 9.17) is 0 Å². The van der Waals surface area contributed by atoms with Crippen molar-refractivity contribution in [3.05, 3.63) is 12.4 Å². The van der Waals surface area contributed by atoms with Crippen LogP contribution in [0.3, 0.4) is 0 Å². The van der Waals surface area contributed by atoms with Crippen LogP contribution in [0, 0.1) is 5.92 Å². The van der Waals surface area contributed by atoms with Gasteiger partial charge in [0.15, 0.2) is 0 Å². The summed E-state index contributed by atoms with van der Waals surface area (Å²) in [6.07, 6.45) is 6.32. The molecule has 1 aliphatic rings. The molecule has 0 bridgehead atoms. The van der Waals surface area contributed by atoms with Crippen molar-refractivity contribution in [1.82, 2.24) is 15.1 Å². The van der Waals surface area contributed by atoms with E-state index in [0.29, 0.717) is 12.3 Å². The molecular weight excluding hydrogens is 252 g/mol. The minimum Gasteiger partial charge on any atom is -0.323 e. The fourth-order valence-corrected chi connectivity index (χ4v) is 2.12. The number of amides is 1. The first-order valence-electron chi connectivity index (χ1n) is 6.31. The lowest BCUT2D eigenvalue weighted by Crippen LogP contribution is -2.14. The molecule has 0 aromatic carbocycles. The Balaban J connectivity index is 0.00000162. The highest BCUT2D eigenvalue weighted by Gasteiger charge is 2.15. The molecule has 1 fully saturated rings. The zero-order valence-electron chi connectivity index (χ0n) is 10.7. The summed E-state index contributed by atoms with van der Waals surface area (Å²) in [5.41, 5.74) is 0.793. The average molecular weight is 273 g/mol. The maximum absolute atomic E-state index is 11.7. The first-order valence-corrected chi connectivity index (χ1v) is 6.31. The maximum Gasteiger partial charge on any atom is 0.224 e. The van der Waals surface area contributed by atoms with Crippen molar-refractivity contribution in [1.29, 1.82) is 0 Å². The second kappa shape index (κ2) is 7.38. The van der Waals surface area contributed by atoms with E-state index in [2.05, 4.69) is 15.7 Å². The normalized spacial score (nSPS) is 18.4. The van der Waals surface area contributed by atoms with Gasteiger partial charge >= 0.3 is 0 Å². The highest BCUT2D eigenvalue weighted by atomic mass is 35.5. The van der Waals surface area contributed by atoms with Crippen molar-refractivity contribution in [3.63, 3.8) is 0 Å². The van der Waals surface area contributed by atoms with Crippen LogP contribution in [0.5, 0.6) is 0 Å². The molecule has 1 unspecified atom stereocenters. The Morgan fingerprint density at radius 3 is 3.11 bits per heavy atom. The van der Waals surface area contributed by atoms with Crippen LogP contribution in [0.4, 0.5) is 5.69 Å². The van der Waals surface area contributed by atoms with Crippen LogP contribution in [0.1, 0.15) is 26.2 Å². The molecule has 102 valence electrons. The summed E-state index contributed by atoms with van der Waals surface area (Å²) in [6, 6.07) is 0. The maximum atomic E-state index is 11.7. The molecule has 6 heteroatoms. The minimum absolute atomic E-state index is 0. The van der Waals surface area contributed by atoms with Crippen molar-refractivity contribution in [3.8, 4) is 0 Å². The van der Waals surface area contributed by atoms with Crippen LogP contribution in [-0.2, 0) is 11.3 Å². The highest BCUT2D eigenvalue weighted by molar-refractivity contribution is 5.90. The fraction of sp³-hybridized carbons (Fsp3) is 0.667. The van der Waals surface area contributed by atoms with Gasteiger partial charge in [-0.15, -0.1) is 12.4 Å². The van der Waals surface area contributed by atoms with E-state index in [1.54, 1.807) is 10.9 Å². The number of nitrogens with one attached hydrogen (secondary N) is 2. The van der Waals surface area contributed by atoms with Gasteiger partial charge in [0.05, 0.1) is 11.9 Å². The van der Waals surface area contributed by atoms with Gasteiger partial charge in [0.25, 0.3) is 0 Å². The van der Waals surface area contributed by atoms with Gasteiger partial charge in [-0.25, -0.2) is 0 Å². The van der Waals surface area contributed by atoms with Crippen molar-refractivity contribution in [2.45, 2.75) is 32.7 Å². The molecule has 0 aliphatic carbocycles. The molecular formula is C12H21ClN4O. The molecule has 1 aliphatic heterocycles. The van der Waals surface area contributed by atoms with E-state index < -0.39 is 0 Å². The molecule has 2 N–H and O–H groups in total. The van der Waals surface area contributed by atoms with E-state index in [9.17, 15) is 4.79 Å². The van der Waals surface area contributed by atoms with E-state index in [1.165, 1.54) is 6.42 Å². The third kappa shape index (κ3) is 4.31. The van der Waals surface area contributed by atoms with Gasteiger partial charge in [-0.1, -0.05) is 0 Å². The molecule has 0 saturated carbocycles. The van der Waals surface area contributed by atoms with Crippen LogP contribution < -0.4 is 10.6 Å². The zero-order valence-corrected chi connectivity index (χ0v) is 11.5. The van der Waals surface area contributed by atoms with Crippen molar-refractivity contribution < 1.29 is 4.79 Å². The van der Waals surface area contributed by atoms with Crippen molar-refractivity contribution in [2.75, 3.05) is 18.4 Å². The van der Waals surface area contributed by atoms with Crippen molar-refractivity contribution in [2.24, 2.45) is 5.92 Å². The molecule has 18 heavy (non-hydrogen) atoms. The minimum atomic E-state index is 0. The van der Waals surface area contributed by atoms with E-state index in [1.807, 2.05) is 13.1 Å². The van der Waals surface area contributed by atoms with E-state index in [0.717, 1.165) is 31.7 Å². The summed E-state index contributed by atoms with van der Waals surface area (Å²) in [5.74, 6) is 0.756. The number of halogens is 1. The Labute approximate surface area is 114 Å². The molecule has 5 nitrogen and oxygen atoms in total. The lowest BCUT2D eigenvalue weighted by molar-refractivity contribution is -0.116. The Morgan fingerprint density at radius 2 is 2.50 bits per heavy atom. The van der Waals surface area contributed by atoms with Gasteiger partial charge in [0.1, 0.15) is 0 Å². The Morgan fingerprint density at radius 1 is 1.67 bits per heavy atom. The van der Waals surface area contributed by atoms with Crippen LogP contribution in [-0.4, -0.2) is 28.8 Å². The summed E-state index contributed by atoms with van der Waals surface area (Å²) in [4.78, 5) is 11.7. The number of rotatable bonds is 5. The van der Waals surface area contributed by atoms with Crippen molar-refractivity contribution >= 4 is 24.0 Å². The van der Waals surface area contributed by atoms with Crippen LogP contribution >= 0.6 is 12.4 Å². The number of nitrogens with zero attached hydrogens (tertiary/aromatic N) is 2. The molecule has 1 saturated heterocycles. The van der Waals surface area contributed by atoms with Gasteiger partial charge in [-0.3, -0.25) is 9.48 Å². The summed E-state index contributed by atoms with van der Waals surface area (Å²) >= 11 is 0. The molecule has 2 heterocycles. The standard InChI is InChI=1S/C12H20N4O.ClH/c1-2-16-9-11(8-14-16)15-12(17)4-3-10-5-6-13-7-10;/h8-10,13H,2-7H2,1H3,(H,15,17);1H. The van der Waals surface area contributed by atoms with Gasteiger partial charge in [-0.05, 0) is 38.8 Å². The quantitative estimate of drug-likeness (QED) is 0.857. The molecule has 1 amide bonds. The molecule has 2 rings (SSSR count). The largest absolute Gasteiger partial charge is 0.323 e. The zero-order chi connectivity index (χ0) is 12.1. The number of hydrogen-bond donors (Lipinski definition) is 2. The van der Waals surface area contributed by atoms with Crippen LogP contribution in [0.25, 0.3) is 0 Å². The Bertz CT molecular complexity index is 374. The third-order valence-corrected chi connectivity index (χ3v) is 3.18. The predicted molar refractivity (Wildman–Crippen MR) is 74.0 cm³/mol. The fourth-order valence-electron chi connectivity index (χ4n) is 2.12. The summed E-state index contributed by atoms with van der Waals surface area (Å²) in [6.45, 7) is 4.99. The molecule has 1 aromatic heterocycles. The van der Waals surface area contributed by atoms with Crippen LogP contribution in [0.15, 0.2) is 12.4 Å². The second-order valence-electron chi connectivity index (χ2n) is 4.53. The number of carbonyl (C=O) groups is 1. The predicted octanol–water partition coefficient (Wildman–Crippen LogP) is 1.65. The molecule has 0 spiro atoms. The number of hydrogen-bond acceptors (Lipinski definition) is 3. The number of anilines is 1. The van der Waals surface area contributed by atoms with Crippen LogP contribution in [0.2, 0.25) is 0 Å².